The highest BCUT2D eigenvalue weighted by atomic mass is 16.5. The number of nitrogens with one attached hydrogen (secondary N) is 1. The molecule has 1 amide bonds. The van der Waals surface area contributed by atoms with Crippen molar-refractivity contribution in [1.29, 1.82) is 0 Å². The lowest BCUT2D eigenvalue weighted by Gasteiger charge is -2.20. The summed E-state index contributed by atoms with van der Waals surface area (Å²) in [5.74, 6) is -0.0563. The second-order valence-corrected chi connectivity index (χ2v) is 26.7. The zero-order valence-corrected chi connectivity index (χ0v) is 58.1. The molecule has 0 fully saturated rings. The zero-order chi connectivity index (χ0) is 62.0. The minimum absolute atomic E-state index is 0.00573. The van der Waals surface area contributed by atoms with Crippen LogP contribution < -0.4 is 5.32 Å². The number of allylic oxidation sites excluding steroid dienone is 7. The second-order valence-electron chi connectivity index (χ2n) is 26.7. The van der Waals surface area contributed by atoms with Gasteiger partial charge in [0.1, 0.15) is 0 Å². The Morgan fingerprint density at radius 2 is 0.581 bits per heavy atom. The maximum Gasteiger partial charge on any atom is 0.305 e. The number of carbonyl (C=O) groups excluding carboxylic acids is 2. The predicted octanol–water partition coefficient (Wildman–Crippen LogP) is 25.6. The quantitative estimate of drug-likeness (QED) is 0.0320. The molecule has 0 spiro atoms. The van der Waals surface area contributed by atoms with Crippen LogP contribution in [-0.4, -0.2) is 47.4 Å². The molecule has 0 aliphatic heterocycles. The molecule has 6 nitrogen and oxygen atoms in total. The van der Waals surface area contributed by atoms with Crippen molar-refractivity contribution in [1.82, 2.24) is 5.32 Å². The minimum Gasteiger partial charge on any atom is -0.466 e. The Balaban J connectivity index is 3.41. The molecule has 506 valence electrons. The monoisotopic (exact) mass is 1210 g/mol. The van der Waals surface area contributed by atoms with Crippen LogP contribution in [0, 0.1) is 0 Å². The van der Waals surface area contributed by atoms with Gasteiger partial charge in [0, 0.05) is 12.8 Å². The normalized spacial score (nSPS) is 12.7. The summed E-state index contributed by atoms with van der Waals surface area (Å²) >= 11 is 0. The Morgan fingerprint density at radius 1 is 0.326 bits per heavy atom. The largest absolute Gasteiger partial charge is 0.466 e. The molecule has 0 aromatic carbocycles. The van der Waals surface area contributed by atoms with Gasteiger partial charge < -0.3 is 20.3 Å². The van der Waals surface area contributed by atoms with Crippen molar-refractivity contribution in [2.75, 3.05) is 13.2 Å². The number of rotatable bonds is 73. The Hall–Kier alpha value is -2.18. The first kappa shape index (κ1) is 83.8. The molecule has 2 atom stereocenters. The highest BCUT2D eigenvalue weighted by Gasteiger charge is 2.18. The van der Waals surface area contributed by atoms with Gasteiger partial charge in [-0.05, 0) is 89.9 Å². The van der Waals surface area contributed by atoms with Gasteiger partial charge >= 0.3 is 5.97 Å². The molecule has 86 heavy (non-hydrogen) atoms. The van der Waals surface area contributed by atoms with Gasteiger partial charge in [0.2, 0.25) is 5.91 Å². The minimum atomic E-state index is -0.845. The van der Waals surface area contributed by atoms with Crippen LogP contribution in [0.4, 0.5) is 0 Å². The van der Waals surface area contributed by atoms with Crippen LogP contribution in [0.25, 0.3) is 0 Å². The van der Waals surface area contributed by atoms with Gasteiger partial charge in [0.25, 0.3) is 0 Å². The third-order valence-electron chi connectivity index (χ3n) is 18.1. The fourth-order valence-corrected chi connectivity index (χ4v) is 12.1. The average Bonchev–Trinajstić information content (AvgIpc) is 3.56. The summed E-state index contributed by atoms with van der Waals surface area (Å²) in [6, 6.07) is -0.628. The van der Waals surface area contributed by atoms with Crippen LogP contribution in [0.15, 0.2) is 48.6 Å². The molecule has 2 unspecified atom stereocenters. The average molecular weight is 1210 g/mol. The van der Waals surface area contributed by atoms with Gasteiger partial charge in [-0.15, -0.1) is 0 Å². The first-order valence-corrected chi connectivity index (χ1v) is 38.9. The SMILES string of the molecule is CCCCCCC/C=C\CCCCCCCC(=O)OCCCCCCCCCCC/C=C\C/C=C\CCCCCCCCCCCCCCCCCCCC(=O)NC(CO)C(O)/C=C/CCCCCCCCCCCCCCCCCCCCCC. The predicted molar refractivity (Wildman–Crippen MR) is 379 cm³/mol. The van der Waals surface area contributed by atoms with Crippen LogP contribution in [-0.2, 0) is 14.3 Å². The van der Waals surface area contributed by atoms with Crippen LogP contribution in [0.5, 0.6) is 0 Å². The second kappa shape index (κ2) is 75.3. The van der Waals surface area contributed by atoms with Crippen LogP contribution in [0.3, 0.4) is 0 Å². The van der Waals surface area contributed by atoms with Gasteiger partial charge in [-0.2, -0.15) is 0 Å². The molecule has 0 rings (SSSR count). The number of esters is 1. The lowest BCUT2D eigenvalue weighted by atomic mass is 10.0. The molecule has 3 N–H and O–H groups in total. The van der Waals surface area contributed by atoms with Crippen molar-refractivity contribution < 1.29 is 24.5 Å². The van der Waals surface area contributed by atoms with Crippen LogP contribution in [0.1, 0.15) is 425 Å². The van der Waals surface area contributed by atoms with E-state index in [0.717, 1.165) is 51.4 Å². The number of hydrogen-bond donors (Lipinski definition) is 3. The number of aliphatic hydroxyl groups is 2. The smallest absolute Gasteiger partial charge is 0.305 e. The van der Waals surface area contributed by atoms with E-state index in [9.17, 15) is 19.8 Å². The molecule has 0 saturated heterocycles. The van der Waals surface area contributed by atoms with E-state index < -0.39 is 12.1 Å². The van der Waals surface area contributed by atoms with Crippen LogP contribution >= 0.6 is 0 Å². The van der Waals surface area contributed by atoms with E-state index in [0.29, 0.717) is 19.4 Å². The Morgan fingerprint density at radius 3 is 0.895 bits per heavy atom. The molecule has 6 heteroatoms. The van der Waals surface area contributed by atoms with E-state index in [-0.39, 0.29) is 18.5 Å². The first-order chi connectivity index (χ1) is 42.5. The van der Waals surface area contributed by atoms with Gasteiger partial charge in [0.05, 0.1) is 25.4 Å². The first-order valence-electron chi connectivity index (χ1n) is 38.9. The molecule has 0 radical (unpaired) electrons. The van der Waals surface area contributed by atoms with Crippen molar-refractivity contribution in [3.05, 3.63) is 48.6 Å². The summed E-state index contributed by atoms with van der Waals surface area (Å²) in [7, 11) is 0. The fourth-order valence-electron chi connectivity index (χ4n) is 12.1. The number of amides is 1. The topological polar surface area (TPSA) is 95.9 Å². The third kappa shape index (κ3) is 70.9. The van der Waals surface area contributed by atoms with Gasteiger partial charge in [0.15, 0.2) is 0 Å². The molecular weight excluding hydrogens is 1050 g/mol. The van der Waals surface area contributed by atoms with E-state index in [2.05, 4.69) is 55.6 Å². The molecule has 0 heterocycles. The fraction of sp³-hybridized carbons (Fsp3) is 0.875. The summed E-state index contributed by atoms with van der Waals surface area (Å²) in [5, 5.41) is 23.3. The summed E-state index contributed by atoms with van der Waals surface area (Å²) < 4.78 is 5.48. The molecule has 0 bridgehead atoms. The highest BCUT2D eigenvalue weighted by Crippen LogP contribution is 2.19. The van der Waals surface area contributed by atoms with E-state index in [4.69, 9.17) is 4.74 Å². The molecule has 0 aliphatic carbocycles. The maximum atomic E-state index is 12.5. The summed E-state index contributed by atoms with van der Waals surface area (Å²) in [4.78, 5) is 24.6. The third-order valence-corrected chi connectivity index (χ3v) is 18.1. The maximum absolute atomic E-state index is 12.5. The van der Waals surface area contributed by atoms with Gasteiger partial charge in [-0.25, -0.2) is 0 Å². The Labute approximate surface area is 537 Å². The molecule has 0 saturated carbocycles. The molecular formula is C80H151NO5. The van der Waals surface area contributed by atoms with Crippen molar-refractivity contribution >= 4 is 11.9 Å². The van der Waals surface area contributed by atoms with Crippen molar-refractivity contribution in [2.24, 2.45) is 0 Å². The van der Waals surface area contributed by atoms with Gasteiger partial charge in [-0.3, -0.25) is 9.59 Å². The van der Waals surface area contributed by atoms with E-state index in [1.165, 1.54) is 347 Å². The Bertz CT molecular complexity index is 1440. The zero-order valence-electron chi connectivity index (χ0n) is 58.1. The van der Waals surface area contributed by atoms with Crippen molar-refractivity contribution in [2.45, 2.75) is 437 Å². The van der Waals surface area contributed by atoms with E-state index >= 15 is 0 Å². The number of hydrogen-bond acceptors (Lipinski definition) is 5. The van der Waals surface area contributed by atoms with E-state index in [1.54, 1.807) is 6.08 Å². The van der Waals surface area contributed by atoms with E-state index in [1.807, 2.05) is 6.08 Å². The molecule has 0 aliphatic rings. The molecule has 0 aromatic heterocycles. The summed E-state index contributed by atoms with van der Waals surface area (Å²) in [6.07, 6.45) is 99.4. The summed E-state index contributed by atoms with van der Waals surface area (Å²) in [5.41, 5.74) is 0. The molecule has 0 aromatic rings. The number of aliphatic hydroxyl groups excluding tert-OH is 2. The Kier molecular flexibility index (Phi) is 73.4. The van der Waals surface area contributed by atoms with Crippen molar-refractivity contribution in [3.63, 3.8) is 0 Å². The number of ether oxygens (including phenoxy) is 1. The lowest BCUT2D eigenvalue weighted by Crippen LogP contribution is -2.45. The lowest BCUT2D eigenvalue weighted by molar-refractivity contribution is -0.143. The standard InChI is InChI=1S/C80H151NO5/c1-3-5-7-9-11-13-15-17-19-20-21-22-36-39-42-45-48-52-56-60-64-68-72-78(83)77(76-82)81-79(84)73-69-65-61-57-53-49-46-43-40-37-34-32-30-28-26-24-23-25-27-29-31-33-35-38-41-44-47-51-55-59-63-67-71-75-86-80(85)74-70-66-62-58-54-50-18-16-14-12-10-8-6-4-2/h16,18,27,29,33,35,68,72,77-78,82-83H,3-15,17,19-26,28,30-32,34,36-67,69-71,73-76H2,1-2H3,(H,81,84)/b18-16-,29-27-,35-33-,72-68+. The summed E-state index contributed by atoms with van der Waals surface area (Å²) in [6.45, 7) is 4.93. The van der Waals surface area contributed by atoms with Gasteiger partial charge in [-0.1, -0.05) is 371 Å². The number of carbonyl (C=O) groups is 2. The van der Waals surface area contributed by atoms with Crippen molar-refractivity contribution in [3.8, 4) is 0 Å². The number of unbranched alkanes of at least 4 members (excludes halogenated alkanes) is 56. The van der Waals surface area contributed by atoms with Crippen LogP contribution in [0.2, 0.25) is 0 Å². The highest BCUT2D eigenvalue weighted by molar-refractivity contribution is 5.76.